The third-order valence-corrected chi connectivity index (χ3v) is 2.95. The number of hydrogen-bond donors (Lipinski definition) is 2. The summed E-state index contributed by atoms with van der Waals surface area (Å²) in [5.74, 6) is -1.53. The standard InChI is InChI=1S/C14H11ClN2O3/c1-8-3-2-4-10(12(8)14(19)20)17-13(18)9-5-6-11(15)16-7-9/h2-7H,1H3,(H,17,18)(H,19,20). The van der Waals surface area contributed by atoms with E-state index in [9.17, 15) is 14.7 Å². The van der Waals surface area contributed by atoms with Gasteiger partial charge >= 0.3 is 5.97 Å². The van der Waals surface area contributed by atoms with Gasteiger partial charge in [0.2, 0.25) is 0 Å². The first kappa shape index (κ1) is 14.0. The van der Waals surface area contributed by atoms with E-state index in [1.165, 1.54) is 24.4 Å². The van der Waals surface area contributed by atoms with Crippen molar-refractivity contribution in [1.29, 1.82) is 0 Å². The van der Waals surface area contributed by atoms with Crippen LogP contribution < -0.4 is 5.32 Å². The van der Waals surface area contributed by atoms with Crippen molar-refractivity contribution in [2.24, 2.45) is 0 Å². The van der Waals surface area contributed by atoms with Gasteiger partial charge in [0.1, 0.15) is 5.15 Å². The van der Waals surface area contributed by atoms with E-state index in [2.05, 4.69) is 10.3 Å². The molecule has 0 spiro atoms. The minimum Gasteiger partial charge on any atom is -0.478 e. The maximum atomic E-state index is 12.0. The summed E-state index contributed by atoms with van der Waals surface area (Å²) >= 11 is 5.64. The normalized spacial score (nSPS) is 10.1. The van der Waals surface area contributed by atoms with Crippen LogP contribution in [0.15, 0.2) is 36.5 Å². The van der Waals surface area contributed by atoms with Crippen molar-refractivity contribution in [1.82, 2.24) is 4.98 Å². The lowest BCUT2D eigenvalue weighted by atomic mass is 10.1. The van der Waals surface area contributed by atoms with Crippen LogP contribution in [0.3, 0.4) is 0 Å². The maximum absolute atomic E-state index is 12.0. The summed E-state index contributed by atoms with van der Waals surface area (Å²) in [6.45, 7) is 1.67. The van der Waals surface area contributed by atoms with Gasteiger partial charge in [0.25, 0.3) is 5.91 Å². The van der Waals surface area contributed by atoms with E-state index < -0.39 is 11.9 Å². The Labute approximate surface area is 120 Å². The second kappa shape index (κ2) is 5.71. The Morgan fingerprint density at radius 3 is 2.60 bits per heavy atom. The lowest BCUT2D eigenvalue weighted by molar-refractivity contribution is 0.0697. The number of amides is 1. The Morgan fingerprint density at radius 1 is 1.25 bits per heavy atom. The summed E-state index contributed by atoms with van der Waals surface area (Å²) < 4.78 is 0. The highest BCUT2D eigenvalue weighted by Crippen LogP contribution is 2.20. The van der Waals surface area contributed by atoms with Crippen molar-refractivity contribution in [2.75, 3.05) is 5.32 Å². The molecule has 0 unspecified atom stereocenters. The maximum Gasteiger partial charge on any atom is 0.338 e. The van der Waals surface area contributed by atoms with E-state index in [-0.39, 0.29) is 16.4 Å². The first-order valence-corrected chi connectivity index (χ1v) is 6.12. The van der Waals surface area contributed by atoms with Crippen LogP contribution in [0.2, 0.25) is 5.15 Å². The number of carbonyl (C=O) groups excluding carboxylic acids is 1. The predicted octanol–water partition coefficient (Wildman–Crippen LogP) is 2.99. The lowest BCUT2D eigenvalue weighted by Crippen LogP contribution is -2.15. The number of aryl methyl sites for hydroxylation is 1. The fourth-order valence-corrected chi connectivity index (χ4v) is 1.87. The van der Waals surface area contributed by atoms with Crippen molar-refractivity contribution in [2.45, 2.75) is 6.92 Å². The molecule has 0 atom stereocenters. The van der Waals surface area contributed by atoms with Crippen molar-refractivity contribution >= 4 is 29.2 Å². The summed E-state index contributed by atoms with van der Waals surface area (Å²) in [5, 5.41) is 12.0. The molecule has 0 radical (unpaired) electrons. The first-order chi connectivity index (χ1) is 9.49. The van der Waals surface area contributed by atoms with Crippen LogP contribution in [-0.4, -0.2) is 22.0 Å². The Bertz CT molecular complexity index is 669. The first-order valence-electron chi connectivity index (χ1n) is 5.75. The highest BCUT2D eigenvalue weighted by atomic mass is 35.5. The summed E-state index contributed by atoms with van der Waals surface area (Å²) in [6, 6.07) is 7.89. The number of anilines is 1. The molecule has 1 heterocycles. The molecule has 5 nitrogen and oxygen atoms in total. The molecule has 0 aliphatic carbocycles. The smallest absolute Gasteiger partial charge is 0.338 e. The molecule has 1 aromatic heterocycles. The average molecular weight is 291 g/mol. The number of carboxylic acids is 1. The number of benzene rings is 1. The van der Waals surface area contributed by atoms with Gasteiger partial charge in [-0.2, -0.15) is 0 Å². The molecule has 102 valence electrons. The number of hydrogen-bond acceptors (Lipinski definition) is 3. The SMILES string of the molecule is Cc1cccc(NC(=O)c2ccc(Cl)nc2)c1C(=O)O. The van der Waals surface area contributed by atoms with Gasteiger partial charge in [-0.3, -0.25) is 4.79 Å². The second-order valence-corrected chi connectivity index (χ2v) is 4.51. The quantitative estimate of drug-likeness (QED) is 0.852. The minimum absolute atomic E-state index is 0.0720. The summed E-state index contributed by atoms with van der Waals surface area (Å²) in [7, 11) is 0. The van der Waals surface area contributed by atoms with Crippen LogP contribution in [0.5, 0.6) is 0 Å². The molecule has 0 fully saturated rings. The van der Waals surface area contributed by atoms with Gasteiger partial charge in [-0.05, 0) is 30.7 Å². The Hall–Kier alpha value is -2.40. The number of carbonyl (C=O) groups is 2. The predicted molar refractivity (Wildman–Crippen MR) is 75.3 cm³/mol. The molecule has 0 saturated heterocycles. The molecular formula is C14H11ClN2O3. The summed E-state index contributed by atoms with van der Waals surface area (Å²) in [4.78, 5) is 27.1. The zero-order valence-electron chi connectivity index (χ0n) is 10.6. The molecule has 2 N–H and O–H groups in total. The molecule has 1 aromatic carbocycles. The number of nitrogens with zero attached hydrogens (tertiary/aromatic N) is 1. The van der Waals surface area contributed by atoms with E-state index >= 15 is 0 Å². The minimum atomic E-state index is -1.09. The number of halogens is 1. The molecule has 0 aliphatic heterocycles. The lowest BCUT2D eigenvalue weighted by Gasteiger charge is -2.10. The number of aromatic carboxylic acids is 1. The molecule has 0 bridgehead atoms. The van der Waals surface area contributed by atoms with Gasteiger partial charge in [-0.25, -0.2) is 9.78 Å². The Morgan fingerprint density at radius 2 is 2.00 bits per heavy atom. The zero-order valence-corrected chi connectivity index (χ0v) is 11.3. The van der Waals surface area contributed by atoms with Crippen molar-refractivity contribution in [3.8, 4) is 0 Å². The highest BCUT2D eigenvalue weighted by Gasteiger charge is 2.15. The number of carboxylic acid groups (broad SMARTS) is 1. The zero-order chi connectivity index (χ0) is 14.7. The summed E-state index contributed by atoms with van der Waals surface area (Å²) in [6.07, 6.45) is 1.33. The summed E-state index contributed by atoms with van der Waals surface area (Å²) in [5.41, 5.74) is 1.19. The fourth-order valence-electron chi connectivity index (χ4n) is 1.76. The number of rotatable bonds is 3. The van der Waals surface area contributed by atoms with Gasteiger partial charge in [-0.15, -0.1) is 0 Å². The van der Waals surface area contributed by atoms with Gasteiger partial charge < -0.3 is 10.4 Å². The van der Waals surface area contributed by atoms with Crippen LogP contribution in [0.4, 0.5) is 5.69 Å². The third-order valence-electron chi connectivity index (χ3n) is 2.72. The molecule has 2 rings (SSSR count). The van der Waals surface area contributed by atoms with E-state index in [0.29, 0.717) is 11.1 Å². The molecule has 0 saturated carbocycles. The van der Waals surface area contributed by atoms with Gasteiger partial charge in [0, 0.05) is 6.20 Å². The van der Waals surface area contributed by atoms with Crippen LogP contribution in [0.1, 0.15) is 26.3 Å². The van der Waals surface area contributed by atoms with Gasteiger partial charge in [-0.1, -0.05) is 23.7 Å². The number of nitrogens with one attached hydrogen (secondary N) is 1. The van der Waals surface area contributed by atoms with Crippen molar-refractivity contribution in [3.05, 3.63) is 58.4 Å². The highest BCUT2D eigenvalue weighted by molar-refractivity contribution is 6.29. The average Bonchev–Trinajstić information content (AvgIpc) is 2.39. The van der Waals surface area contributed by atoms with E-state index in [1.807, 2.05) is 0 Å². The van der Waals surface area contributed by atoms with Crippen molar-refractivity contribution < 1.29 is 14.7 Å². The van der Waals surface area contributed by atoms with E-state index in [1.54, 1.807) is 19.1 Å². The van der Waals surface area contributed by atoms with Crippen LogP contribution in [-0.2, 0) is 0 Å². The monoisotopic (exact) mass is 290 g/mol. The number of aromatic nitrogens is 1. The Kier molecular flexibility index (Phi) is 4.00. The second-order valence-electron chi connectivity index (χ2n) is 4.13. The van der Waals surface area contributed by atoms with Crippen LogP contribution >= 0.6 is 11.6 Å². The van der Waals surface area contributed by atoms with E-state index in [4.69, 9.17) is 11.6 Å². The molecule has 0 aliphatic rings. The number of pyridine rings is 1. The van der Waals surface area contributed by atoms with Crippen LogP contribution in [0.25, 0.3) is 0 Å². The Balaban J connectivity index is 2.30. The topological polar surface area (TPSA) is 79.3 Å². The molecule has 1 amide bonds. The molecule has 2 aromatic rings. The van der Waals surface area contributed by atoms with Crippen LogP contribution in [0, 0.1) is 6.92 Å². The van der Waals surface area contributed by atoms with Crippen molar-refractivity contribution in [3.63, 3.8) is 0 Å². The van der Waals surface area contributed by atoms with E-state index in [0.717, 1.165) is 0 Å². The molecular weight excluding hydrogens is 280 g/mol. The van der Waals surface area contributed by atoms with Gasteiger partial charge in [0.05, 0.1) is 16.8 Å². The molecule has 6 heteroatoms. The molecule has 20 heavy (non-hydrogen) atoms. The fraction of sp³-hybridized carbons (Fsp3) is 0.0714. The third kappa shape index (κ3) is 2.95. The van der Waals surface area contributed by atoms with Gasteiger partial charge in [0.15, 0.2) is 0 Å². The largest absolute Gasteiger partial charge is 0.478 e.